The summed E-state index contributed by atoms with van der Waals surface area (Å²) < 4.78 is 5.00. The zero-order valence-electron chi connectivity index (χ0n) is 33.2. The molecule has 0 N–H and O–H groups in total. The predicted molar refractivity (Wildman–Crippen MR) is 262 cm³/mol. The van der Waals surface area contributed by atoms with Gasteiger partial charge >= 0.3 is 0 Å². The molecule has 0 saturated heterocycles. The molecule has 0 bridgehead atoms. The third-order valence-electron chi connectivity index (χ3n) is 12.2. The molecule has 12 aromatic rings. The Morgan fingerprint density at radius 2 is 0.885 bits per heavy atom. The lowest BCUT2D eigenvalue weighted by molar-refractivity contribution is 1.17. The van der Waals surface area contributed by atoms with Gasteiger partial charge in [-0.2, -0.15) is 0 Å². The summed E-state index contributed by atoms with van der Waals surface area (Å²) in [5, 5.41) is 7.65. The molecule has 286 valence electrons. The van der Waals surface area contributed by atoms with E-state index >= 15 is 0 Å². The Labute approximate surface area is 358 Å². The van der Waals surface area contributed by atoms with Crippen molar-refractivity contribution in [2.24, 2.45) is 0 Å². The van der Waals surface area contributed by atoms with Crippen LogP contribution in [-0.2, 0) is 0 Å². The number of anilines is 3. The summed E-state index contributed by atoms with van der Waals surface area (Å²) in [6.07, 6.45) is 0. The van der Waals surface area contributed by atoms with Gasteiger partial charge in [-0.1, -0.05) is 152 Å². The fourth-order valence-corrected chi connectivity index (χ4v) is 10.4. The van der Waals surface area contributed by atoms with Gasteiger partial charge in [-0.05, 0) is 117 Å². The molecule has 0 spiro atoms. The lowest BCUT2D eigenvalue weighted by Crippen LogP contribution is -2.11. The number of aromatic nitrogens is 1. The van der Waals surface area contributed by atoms with E-state index in [1.807, 2.05) is 11.3 Å². The maximum absolute atomic E-state index is 2.41. The highest BCUT2D eigenvalue weighted by Crippen LogP contribution is 2.44. The smallest absolute Gasteiger partial charge is 0.0541 e. The van der Waals surface area contributed by atoms with E-state index in [4.69, 9.17) is 0 Å². The zero-order valence-corrected chi connectivity index (χ0v) is 34.1. The number of hydrogen-bond acceptors (Lipinski definition) is 2. The second kappa shape index (κ2) is 14.5. The quantitative estimate of drug-likeness (QED) is 0.156. The van der Waals surface area contributed by atoms with Crippen molar-refractivity contribution in [3.8, 4) is 39.1 Å². The second-order valence-corrected chi connectivity index (χ2v) is 16.8. The molecule has 3 heteroatoms. The Morgan fingerprint density at radius 3 is 1.66 bits per heavy atom. The van der Waals surface area contributed by atoms with E-state index in [1.165, 1.54) is 86.1 Å². The average Bonchev–Trinajstić information content (AvgIpc) is 3.88. The first-order valence-corrected chi connectivity index (χ1v) is 21.6. The monoisotopic (exact) mass is 794 g/mol. The molecule has 0 radical (unpaired) electrons. The van der Waals surface area contributed by atoms with Crippen molar-refractivity contribution in [3.63, 3.8) is 0 Å². The van der Waals surface area contributed by atoms with Crippen LogP contribution >= 0.6 is 11.3 Å². The van der Waals surface area contributed by atoms with Crippen molar-refractivity contribution in [2.45, 2.75) is 0 Å². The van der Waals surface area contributed by atoms with Gasteiger partial charge in [0.25, 0.3) is 0 Å². The highest BCUT2D eigenvalue weighted by atomic mass is 32.1. The minimum absolute atomic E-state index is 1.09. The number of para-hydroxylation sites is 3. The van der Waals surface area contributed by atoms with E-state index in [-0.39, 0.29) is 0 Å². The fourth-order valence-electron chi connectivity index (χ4n) is 9.24. The first kappa shape index (κ1) is 35.2. The standard InChI is InChI=1S/C58H38N2S/c1-2-13-41-37-44(25-24-39(41)12-1)43-15-11-14-42(36-43)40-26-29-46(30-27-40)59(47-31-33-48(34-32-47)60-55-21-8-4-17-50(55)51-18-5-9-22-56(51)60)54-20-7-3-16-49(54)45-28-35-53-52-19-6-10-23-57(52)61-58(53)38-45/h1-38H. The summed E-state index contributed by atoms with van der Waals surface area (Å²) >= 11 is 1.86. The van der Waals surface area contributed by atoms with Crippen molar-refractivity contribution in [1.82, 2.24) is 4.57 Å². The Bertz CT molecular complexity index is 3540. The van der Waals surface area contributed by atoms with E-state index in [9.17, 15) is 0 Å². The van der Waals surface area contributed by atoms with E-state index in [0.29, 0.717) is 0 Å². The third kappa shape index (κ3) is 6.09. The number of rotatable bonds is 7. The summed E-state index contributed by atoms with van der Waals surface area (Å²) in [6, 6.07) is 84.2. The number of hydrogen-bond donors (Lipinski definition) is 0. The first-order valence-electron chi connectivity index (χ1n) is 20.8. The highest BCUT2D eigenvalue weighted by Gasteiger charge is 2.19. The molecule has 12 rings (SSSR count). The van der Waals surface area contributed by atoms with Crippen LogP contribution in [0.5, 0.6) is 0 Å². The van der Waals surface area contributed by atoms with Gasteiger partial charge in [-0.3, -0.25) is 0 Å². The molecule has 0 aliphatic carbocycles. The maximum atomic E-state index is 2.41. The van der Waals surface area contributed by atoms with Crippen molar-refractivity contribution >= 4 is 81.1 Å². The molecule has 61 heavy (non-hydrogen) atoms. The SMILES string of the molecule is c1cc(-c2ccc(N(c3ccc(-n4c5ccccc5c5ccccc54)cc3)c3ccccc3-c3ccc4c(c3)sc3ccccc34)cc2)cc(-c2ccc3ccccc3c2)c1. The summed E-state index contributed by atoms with van der Waals surface area (Å²) in [6.45, 7) is 0. The molecule has 0 amide bonds. The van der Waals surface area contributed by atoms with Crippen molar-refractivity contribution in [1.29, 1.82) is 0 Å². The Morgan fingerprint density at radius 1 is 0.328 bits per heavy atom. The largest absolute Gasteiger partial charge is 0.310 e. The van der Waals surface area contributed by atoms with Crippen LogP contribution in [-0.4, -0.2) is 4.57 Å². The van der Waals surface area contributed by atoms with Crippen LogP contribution in [0.4, 0.5) is 17.1 Å². The lowest BCUT2D eigenvalue weighted by Gasteiger charge is -2.28. The van der Waals surface area contributed by atoms with Gasteiger partial charge in [-0.15, -0.1) is 11.3 Å². The number of nitrogens with zero attached hydrogens (tertiary/aromatic N) is 2. The van der Waals surface area contributed by atoms with Crippen LogP contribution in [0.2, 0.25) is 0 Å². The van der Waals surface area contributed by atoms with E-state index < -0.39 is 0 Å². The maximum Gasteiger partial charge on any atom is 0.0541 e. The molecule has 0 aliphatic heterocycles. The van der Waals surface area contributed by atoms with Gasteiger partial charge in [0.15, 0.2) is 0 Å². The van der Waals surface area contributed by atoms with Gasteiger partial charge in [-0.25, -0.2) is 0 Å². The van der Waals surface area contributed by atoms with Gasteiger partial charge in [0.05, 0.1) is 16.7 Å². The molecule has 2 heterocycles. The third-order valence-corrected chi connectivity index (χ3v) is 13.3. The van der Waals surface area contributed by atoms with Gasteiger partial charge in [0, 0.05) is 53.6 Å². The lowest BCUT2D eigenvalue weighted by atomic mass is 9.97. The van der Waals surface area contributed by atoms with E-state index in [1.54, 1.807) is 0 Å². The summed E-state index contributed by atoms with van der Waals surface area (Å²) in [4.78, 5) is 2.41. The van der Waals surface area contributed by atoms with Crippen molar-refractivity contribution < 1.29 is 0 Å². The molecule has 0 unspecified atom stereocenters. The Balaban J connectivity index is 0.973. The minimum Gasteiger partial charge on any atom is -0.310 e. The molecule has 0 saturated carbocycles. The molecule has 0 aliphatic rings. The highest BCUT2D eigenvalue weighted by molar-refractivity contribution is 7.25. The van der Waals surface area contributed by atoms with Crippen LogP contribution in [0.25, 0.3) is 91.8 Å². The normalized spacial score (nSPS) is 11.6. The molecule has 10 aromatic carbocycles. The van der Waals surface area contributed by atoms with Crippen LogP contribution < -0.4 is 4.90 Å². The molecule has 0 fully saturated rings. The second-order valence-electron chi connectivity index (χ2n) is 15.7. The van der Waals surface area contributed by atoms with Crippen LogP contribution in [0.3, 0.4) is 0 Å². The molecule has 2 nitrogen and oxygen atoms in total. The van der Waals surface area contributed by atoms with Gasteiger partial charge < -0.3 is 9.47 Å². The van der Waals surface area contributed by atoms with E-state index in [0.717, 1.165) is 22.7 Å². The van der Waals surface area contributed by atoms with Crippen LogP contribution in [0.15, 0.2) is 231 Å². The first-order chi connectivity index (χ1) is 30.2. The van der Waals surface area contributed by atoms with Gasteiger partial charge in [0.1, 0.15) is 0 Å². The van der Waals surface area contributed by atoms with Crippen LogP contribution in [0, 0.1) is 0 Å². The fraction of sp³-hybridized carbons (Fsp3) is 0. The summed E-state index contributed by atoms with van der Waals surface area (Å²) in [7, 11) is 0. The summed E-state index contributed by atoms with van der Waals surface area (Å²) in [5.41, 5.74) is 14.0. The number of benzene rings is 10. The topological polar surface area (TPSA) is 8.17 Å². The van der Waals surface area contributed by atoms with Crippen molar-refractivity contribution in [2.75, 3.05) is 4.90 Å². The molecular formula is C58H38N2S. The zero-order chi connectivity index (χ0) is 40.3. The predicted octanol–water partition coefficient (Wildman–Crippen LogP) is 16.8. The Hall–Kier alpha value is -7.72. The number of thiophene rings is 1. The van der Waals surface area contributed by atoms with E-state index in [2.05, 4.69) is 240 Å². The average molecular weight is 795 g/mol. The molecule has 2 aromatic heterocycles. The van der Waals surface area contributed by atoms with Crippen molar-refractivity contribution in [3.05, 3.63) is 231 Å². The Kier molecular flexibility index (Phi) is 8.39. The summed E-state index contributed by atoms with van der Waals surface area (Å²) in [5.74, 6) is 0. The van der Waals surface area contributed by atoms with Crippen LogP contribution in [0.1, 0.15) is 0 Å². The molecule has 0 atom stereocenters. The molecular weight excluding hydrogens is 757 g/mol. The minimum atomic E-state index is 1.09. The number of fused-ring (bicyclic) bond motifs is 7. The van der Waals surface area contributed by atoms with Gasteiger partial charge in [0.2, 0.25) is 0 Å².